The van der Waals surface area contributed by atoms with Crippen molar-refractivity contribution >= 4 is 23.5 Å². The van der Waals surface area contributed by atoms with Crippen LogP contribution in [0.3, 0.4) is 0 Å². The molecule has 1 unspecified atom stereocenters. The number of anilines is 1. The molecule has 22 heavy (non-hydrogen) atoms. The number of nitrogens with zero attached hydrogens (tertiary/aromatic N) is 1. The van der Waals surface area contributed by atoms with Crippen molar-refractivity contribution < 1.29 is 24.6 Å². The maximum Gasteiger partial charge on any atom is 0.335 e. The van der Waals surface area contributed by atoms with Gasteiger partial charge in [0.25, 0.3) is 0 Å². The van der Waals surface area contributed by atoms with Gasteiger partial charge in [0, 0.05) is 18.7 Å². The number of carbonyl (C=O) groups excluding carboxylic acids is 1. The van der Waals surface area contributed by atoms with Crippen molar-refractivity contribution in [2.45, 2.75) is 27.2 Å². The van der Waals surface area contributed by atoms with E-state index in [1.807, 2.05) is 13.8 Å². The number of benzene rings is 1. The zero-order valence-corrected chi connectivity index (χ0v) is 12.9. The number of aliphatic carboxylic acids is 1. The van der Waals surface area contributed by atoms with Gasteiger partial charge in [-0.3, -0.25) is 9.59 Å². The lowest BCUT2D eigenvalue weighted by molar-refractivity contribution is -0.140. The molecule has 0 aliphatic carbocycles. The molecule has 6 nitrogen and oxygen atoms in total. The molecule has 0 radical (unpaired) electrons. The number of carboxylic acids is 2. The molecule has 0 saturated heterocycles. The molecule has 1 atom stereocenters. The van der Waals surface area contributed by atoms with Crippen molar-refractivity contribution in [2.75, 3.05) is 11.4 Å². The summed E-state index contributed by atoms with van der Waals surface area (Å²) in [4.78, 5) is 35.8. The molecular formula is C16H21NO5. The fraction of sp³-hybridized carbons (Fsp3) is 0.438. The van der Waals surface area contributed by atoms with Crippen LogP contribution in [0, 0.1) is 11.8 Å². The van der Waals surface area contributed by atoms with Gasteiger partial charge in [-0.2, -0.15) is 0 Å². The van der Waals surface area contributed by atoms with Crippen LogP contribution in [0.15, 0.2) is 24.3 Å². The van der Waals surface area contributed by atoms with Gasteiger partial charge in [-0.05, 0) is 24.1 Å². The van der Waals surface area contributed by atoms with Crippen LogP contribution in [0.1, 0.15) is 37.6 Å². The average Bonchev–Trinajstić information content (AvgIpc) is 2.43. The second kappa shape index (κ2) is 7.59. The fourth-order valence-corrected chi connectivity index (χ4v) is 1.97. The Labute approximate surface area is 129 Å². The maximum atomic E-state index is 12.4. The van der Waals surface area contributed by atoms with Gasteiger partial charge in [-0.15, -0.1) is 0 Å². The number of amides is 1. The molecule has 0 saturated carbocycles. The van der Waals surface area contributed by atoms with Crippen LogP contribution in [-0.4, -0.2) is 34.6 Å². The highest BCUT2D eigenvalue weighted by Gasteiger charge is 2.23. The molecule has 0 spiro atoms. The predicted octanol–water partition coefficient (Wildman–Crippen LogP) is 2.48. The Morgan fingerprint density at radius 1 is 1.14 bits per heavy atom. The topological polar surface area (TPSA) is 94.9 Å². The number of rotatable bonds is 7. The molecule has 1 rings (SSSR count). The van der Waals surface area contributed by atoms with Crippen LogP contribution in [0.25, 0.3) is 0 Å². The minimum absolute atomic E-state index is 0.00393. The molecule has 1 aromatic carbocycles. The molecule has 6 heteroatoms. The summed E-state index contributed by atoms with van der Waals surface area (Å²) in [7, 11) is 0. The Balaban J connectivity index is 3.13. The van der Waals surface area contributed by atoms with Gasteiger partial charge >= 0.3 is 11.9 Å². The molecule has 1 amide bonds. The molecule has 0 heterocycles. The van der Waals surface area contributed by atoms with E-state index in [2.05, 4.69) is 0 Å². The van der Waals surface area contributed by atoms with Crippen molar-refractivity contribution in [3.63, 3.8) is 0 Å². The van der Waals surface area contributed by atoms with E-state index >= 15 is 0 Å². The number of aromatic carboxylic acids is 1. The van der Waals surface area contributed by atoms with Crippen molar-refractivity contribution in [3.8, 4) is 0 Å². The highest BCUT2D eigenvalue weighted by atomic mass is 16.4. The van der Waals surface area contributed by atoms with Crippen molar-refractivity contribution in [2.24, 2.45) is 11.8 Å². The average molecular weight is 307 g/mol. The first-order chi connectivity index (χ1) is 10.2. The third-order valence-corrected chi connectivity index (χ3v) is 3.17. The van der Waals surface area contributed by atoms with Gasteiger partial charge in [0.15, 0.2) is 0 Å². The van der Waals surface area contributed by atoms with Gasteiger partial charge in [-0.1, -0.05) is 26.8 Å². The van der Waals surface area contributed by atoms with Crippen LogP contribution in [0.2, 0.25) is 0 Å². The molecule has 1 aromatic rings. The van der Waals surface area contributed by atoms with Crippen molar-refractivity contribution in [3.05, 3.63) is 29.8 Å². The summed E-state index contributed by atoms with van der Waals surface area (Å²) in [5.74, 6) is -2.94. The standard InChI is InChI=1S/C16H21NO5/c1-10(2)7-14(18)17(9-11(3)15(19)20)13-6-4-5-12(8-13)16(21)22/h4-6,8,10-11H,7,9H2,1-3H3,(H,19,20)(H,21,22). The summed E-state index contributed by atoms with van der Waals surface area (Å²) < 4.78 is 0. The van der Waals surface area contributed by atoms with Crippen LogP contribution in [-0.2, 0) is 9.59 Å². The number of carboxylic acid groups (broad SMARTS) is 2. The lowest BCUT2D eigenvalue weighted by Crippen LogP contribution is -2.37. The van der Waals surface area contributed by atoms with Gasteiger partial charge in [0.1, 0.15) is 0 Å². The van der Waals surface area contributed by atoms with E-state index in [1.165, 1.54) is 24.0 Å². The Morgan fingerprint density at radius 2 is 1.77 bits per heavy atom. The molecule has 120 valence electrons. The van der Waals surface area contributed by atoms with Crippen molar-refractivity contribution in [1.29, 1.82) is 0 Å². The lowest BCUT2D eigenvalue weighted by atomic mass is 10.1. The largest absolute Gasteiger partial charge is 0.481 e. The summed E-state index contributed by atoms with van der Waals surface area (Å²) in [6.07, 6.45) is 0.267. The van der Waals surface area contributed by atoms with E-state index in [0.29, 0.717) is 5.69 Å². The highest BCUT2D eigenvalue weighted by Crippen LogP contribution is 2.20. The Bertz CT molecular complexity index is 567. The summed E-state index contributed by atoms with van der Waals surface area (Å²) in [5, 5.41) is 18.1. The number of hydrogen-bond donors (Lipinski definition) is 2. The molecular weight excluding hydrogens is 286 g/mol. The monoisotopic (exact) mass is 307 g/mol. The molecule has 0 aliphatic heterocycles. The smallest absolute Gasteiger partial charge is 0.335 e. The lowest BCUT2D eigenvalue weighted by Gasteiger charge is -2.25. The predicted molar refractivity (Wildman–Crippen MR) is 82.0 cm³/mol. The summed E-state index contributed by atoms with van der Waals surface area (Å²) in [5.41, 5.74) is 0.460. The third kappa shape index (κ3) is 4.87. The fourth-order valence-electron chi connectivity index (χ4n) is 1.97. The Morgan fingerprint density at radius 3 is 2.27 bits per heavy atom. The summed E-state index contributed by atoms with van der Waals surface area (Å²) >= 11 is 0. The summed E-state index contributed by atoms with van der Waals surface area (Å²) in [6, 6.07) is 5.96. The first-order valence-corrected chi connectivity index (χ1v) is 7.09. The van der Waals surface area contributed by atoms with Gasteiger partial charge in [0.2, 0.25) is 5.91 Å². The van der Waals surface area contributed by atoms with E-state index in [1.54, 1.807) is 12.1 Å². The van der Waals surface area contributed by atoms with Crippen LogP contribution >= 0.6 is 0 Å². The molecule has 0 aliphatic rings. The van der Waals surface area contributed by atoms with E-state index in [-0.39, 0.29) is 30.4 Å². The van der Waals surface area contributed by atoms with E-state index in [0.717, 1.165) is 0 Å². The molecule has 2 N–H and O–H groups in total. The Kier molecular flexibility index (Phi) is 6.10. The normalized spacial score (nSPS) is 12.0. The second-order valence-electron chi connectivity index (χ2n) is 5.70. The molecule has 0 bridgehead atoms. The van der Waals surface area contributed by atoms with Gasteiger partial charge < -0.3 is 15.1 Å². The Hall–Kier alpha value is -2.37. The van der Waals surface area contributed by atoms with Gasteiger partial charge in [-0.25, -0.2) is 4.79 Å². The minimum Gasteiger partial charge on any atom is -0.481 e. The first kappa shape index (κ1) is 17.7. The van der Waals surface area contributed by atoms with Crippen LogP contribution in [0.5, 0.6) is 0 Å². The van der Waals surface area contributed by atoms with E-state index in [9.17, 15) is 14.4 Å². The number of carbonyl (C=O) groups is 3. The zero-order valence-electron chi connectivity index (χ0n) is 12.9. The number of hydrogen-bond acceptors (Lipinski definition) is 3. The zero-order chi connectivity index (χ0) is 16.9. The third-order valence-electron chi connectivity index (χ3n) is 3.17. The maximum absolute atomic E-state index is 12.4. The molecule has 0 aromatic heterocycles. The van der Waals surface area contributed by atoms with Crippen molar-refractivity contribution in [1.82, 2.24) is 0 Å². The second-order valence-corrected chi connectivity index (χ2v) is 5.70. The molecule has 0 fully saturated rings. The van der Waals surface area contributed by atoms with Crippen LogP contribution in [0.4, 0.5) is 5.69 Å². The van der Waals surface area contributed by atoms with E-state index < -0.39 is 17.9 Å². The minimum atomic E-state index is -1.09. The SMILES string of the molecule is CC(C)CC(=O)N(CC(C)C(=O)O)c1cccc(C(=O)O)c1. The highest BCUT2D eigenvalue weighted by molar-refractivity contribution is 5.96. The van der Waals surface area contributed by atoms with E-state index in [4.69, 9.17) is 10.2 Å². The quantitative estimate of drug-likeness (QED) is 0.807. The summed E-state index contributed by atoms with van der Waals surface area (Å²) in [6.45, 7) is 5.30. The first-order valence-electron chi connectivity index (χ1n) is 7.09. The van der Waals surface area contributed by atoms with Crippen LogP contribution < -0.4 is 4.90 Å². The van der Waals surface area contributed by atoms with Gasteiger partial charge in [0.05, 0.1) is 11.5 Å².